The minimum Gasteiger partial charge on any atom is -0.494 e. The molecule has 0 fully saturated rings. The third kappa shape index (κ3) is 8.33. The predicted octanol–water partition coefficient (Wildman–Crippen LogP) is 6.37. The molecule has 0 aliphatic carbocycles. The van der Waals surface area contributed by atoms with Crippen molar-refractivity contribution >= 4 is 5.91 Å². The van der Waals surface area contributed by atoms with E-state index in [2.05, 4.69) is 80.1 Å². The zero-order chi connectivity index (χ0) is 25.9. The molecular formula is C33H37N2O2+. The highest BCUT2D eigenvalue weighted by molar-refractivity contribution is 5.94. The summed E-state index contributed by atoms with van der Waals surface area (Å²) in [7, 11) is 4.38. The van der Waals surface area contributed by atoms with E-state index in [1.807, 2.05) is 48.5 Å². The smallest absolute Gasteiger partial charge is 0.251 e. The Morgan fingerprint density at radius 1 is 0.730 bits per heavy atom. The number of nitrogens with one attached hydrogen (secondary N) is 1. The van der Waals surface area contributed by atoms with Crippen LogP contribution in [0.25, 0.3) is 11.1 Å². The number of amides is 1. The Morgan fingerprint density at radius 3 is 1.92 bits per heavy atom. The molecule has 190 valence electrons. The zero-order valence-electron chi connectivity index (χ0n) is 21.9. The second-order valence-corrected chi connectivity index (χ2v) is 10.1. The highest BCUT2D eigenvalue weighted by Crippen LogP contribution is 2.23. The van der Waals surface area contributed by atoms with Crippen LogP contribution in [-0.2, 0) is 13.0 Å². The van der Waals surface area contributed by atoms with Crippen molar-refractivity contribution in [3.05, 3.63) is 126 Å². The fourth-order valence-electron chi connectivity index (χ4n) is 4.40. The second-order valence-electron chi connectivity index (χ2n) is 10.1. The molecule has 4 heteroatoms. The van der Waals surface area contributed by atoms with Gasteiger partial charge in [-0.05, 0) is 53.8 Å². The van der Waals surface area contributed by atoms with Crippen molar-refractivity contribution in [3.63, 3.8) is 0 Å². The van der Waals surface area contributed by atoms with Crippen LogP contribution in [0.3, 0.4) is 0 Å². The molecule has 0 aromatic heterocycles. The van der Waals surface area contributed by atoms with E-state index in [-0.39, 0.29) is 5.91 Å². The van der Waals surface area contributed by atoms with E-state index in [0.29, 0.717) is 18.7 Å². The number of hydrogen-bond acceptors (Lipinski definition) is 2. The number of aryl methyl sites for hydroxylation is 1. The standard InChI is InChI=1S/C33H36N2O2/c1-35(2,26-28-12-7-4-8-13-28)24-23-34-33(36)31-17-15-29(16-18-31)30-19-21-32(22-20-30)37-25-9-14-27-10-5-3-6-11-27/h3-8,10-13,15-22H,9,14,23-26H2,1-2H3/p+1. The van der Waals surface area contributed by atoms with Crippen molar-refractivity contribution in [1.29, 1.82) is 0 Å². The number of benzene rings is 4. The Labute approximate surface area is 221 Å². The number of nitrogens with zero attached hydrogens (tertiary/aromatic N) is 1. The van der Waals surface area contributed by atoms with E-state index in [1.54, 1.807) is 0 Å². The summed E-state index contributed by atoms with van der Waals surface area (Å²) < 4.78 is 6.72. The van der Waals surface area contributed by atoms with E-state index < -0.39 is 0 Å². The van der Waals surface area contributed by atoms with Crippen molar-refractivity contribution < 1.29 is 14.0 Å². The van der Waals surface area contributed by atoms with Gasteiger partial charge in [0.1, 0.15) is 12.3 Å². The maximum Gasteiger partial charge on any atom is 0.251 e. The lowest BCUT2D eigenvalue weighted by molar-refractivity contribution is -0.902. The number of quaternary nitrogens is 1. The first-order chi connectivity index (χ1) is 18.0. The molecule has 0 heterocycles. The van der Waals surface area contributed by atoms with Gasteiger partial charge in [0.05, 0.1) is 33.8 Å². The normalized spacial score (nSPS) is 11.2. The van der Waals surface area contributed by atoms with Gasteiger partial charge in [0.2, 0.25) is 0 Å². The molecule has 0 unspecified atom stereocenters. The molecule has 0 radical (unpaired) electrons. The Bertz CT molecular complexity index is 1240. The van der Waals surface area contributed by atoms with Crippen molar-refractivity contribution in [1.82, 2.24) is 5.32 Å². The Hall–Kier alpha value is -3.89. The van der Waals surface area contributed by atoms with Crippen LogP contribution < -0.4 is 10.1 Å². The highest BCUT2D eigenvalue weighted by atomic mass is 16.5. The first-order valence-electron chi connectivity index (χ1n) is 13.0. The summed E-state index contributed by atoms with van der Waals surface area (Å²) in [5.41, 5.74) is 5.49. The van der Waals surface area contributed by atoms with E-state index in [9.17, 15) is 4.79 Å². The van der Waals surface area contributed by atoms with Gasteiger partial charge in [-0.3, -0.25) is 4.79 Å². The molecule has 4 rings (SSSR count). The van der Waals surface area contributed by atoms with Crippen LogP contribution in [0.4, 0.5) is 0 Å². The van der Waals surface area contributed by atoms with Gasteiger partial charge < -0.3 is 14.5 Å². The number of hydrogen-bond donors (Lipinski definition) is 1. The SMILES string of the molecule is C[N+](C)(CCNC(=O)c1ccc(-c2ccc(OCCCc3ccccc3)cc2)cc1)Cc1ccccc1. The second kappa shape index (κ2) is 12.9. The van der Waals surface area contributed by atoms with Crippen molar-refractivity contribution in [3.8, 4) is 16.9 Å². The fourth-order valence-corrected chi connectivity index (χ4v) is 4.40. The van der Waals surface area contributed by atoms with Gasteiger partial charge in [-0.2, -0.15) is 0 Å². The third-order valence-corrected chi connectivity index (χ3v) is 6.51. The quantitative estimate of drug-likeness (QED) is 0.184. The van der Waals surface area contributed by atoms with Gasteiger partial charge >= 0.3 is 0 Å². The summed E-state index contributed by atoms with van der Waals surface area (Å²) in [6, 6.07) is 36.9. The van der Waals surface area contributed by atoms with Gasteiger partial charge in [0.15, 0.2) is 0 Å². The van der Waals surface area contributed by atoms with Crippen molar-refractivity contribution in [2.24, 2.45) is 0 Å². The number of likely N-dealkylation sites (N-methyl/N-ethyl adjacent to an activating group) is 1. The van der Waals surface area contributed by atoms with Gasteiger partial charge in [-0.1, -0.05) is 84.9 Å². The summed E-state index contributed by atoms with van der Waals surface area (Å²) in [5.74, 6) is 0.840. The van der Waals surface area contributed by atoms with Gasteiger partial charge in [0.25, 0.3) is 5.91 Å². The maximum atomic E-state index is 12.7. The van der Waals surface area contributed by atoms with Crippen LogP contribution in [0.2, 0.25) is 0 Å². The number of carbonyl (C=O) groups is 1. The topological polar surface area (TPSA) is 38.3 Å². The maximum absolute atomic E-state index is 12.7. The van der Waals surface area contributed by atoms with Crippen LogP contribution in [0, 0.1) is 0 Å². The van der Waals surface area contributed by atoms with Crippen LogP contribution in [-0.4, -0.2) is 44.2 Å². The monoisotopic (exact) mass is 493 g/mol. The molecule has 4 aromatic carbocycles. The number of ether oxygens (including phenoxy) is 1. The molecule has 0 saturated heterocycles. The summed E-state index contributed by atoms with van der Waals surface area (Å²) in [6.45, 7) is 3.12. The zero-order valence-corrected chi connectivity index (χ0v) is 21.9. The molecule has 0 aliphatic rings. The fraction of sp³-hybridized carbons (Fsp3) is 0.242. The first kappa shape index (κ1) is 26.2. The minimum absolute atomic E-state index is 0.0366. The van der Waals surface area contributed by atoms with E-state index >= 15 is 0 Å². The summed E-state index contributed by atoms with van der Waals surface area (Å²) in [5, 5.41) is 3.07. The van der Waals surface area contributed by atoms with Gasteiger partial charge in [0, 0.05) is 11.1 Å². The highest BCUT2D eigenvalue weighted by Gasteiger charge is 2.16. The number of rotatable bonds is 12. The lowest BCUT2D eigenvalue weighted by Gasteiger charge is -2.30. The number of carbonyl (C=O) groups excluding carboxylic acids is 1. The molecule has 0 saturated carbocycles. The lowest BCUT2D eigenvalue weighted by atomic mass is 10.0. The van der Waals surface area contributed by atoms with Crippen LogP contribution in [0.5, 0.6) is 5.75 Å². The molecule has 0 aliphatic heterocycles. The van der Waals surface area contributed by atoms with Gasteiger partial charge in [-0.25, -0.2) is 0 Å². The summed E-state index contributed by atoms with van der Waals surface area (Å²) in [6.07, 6.45) is 2.00. The molecule has 1 amide bonds. The Balaban J connectivity index is 1.21. The van der Waals surface area contributed by atoms with Crippen molar-refractivity contribution in [2.75, 3.05) is 33.8 Å². The predicted molar refractivity (Wildman–Crippen MR) is 152 cm³/mol. The third-order valence-electron chi connectivity index (χ3n) is 6.51. The van der Waals surface area contributed by atoms with Gasteiger partial charge in [-0.15, -0.1) is 0 Å². The average molecular weight is 494 g/mol. The van der Waals surface area contributed by atoms with Crippen LogP contribution in [0.15, 0.2) is 109 Å². The van der Waals surface area contributed by atoms with E-state index in [0.717, 1.165) is 47.3 Å². The minimum atomic E-state index is -0.0366. The molecule has 1 N–H and O–H groups in total. The molecule has 0 bridgehead atoms. The molecule has 4 nitrogen and oxygen atoms in total. The molecule has 0 atom stereocenters. The van der Waals surface area contributed by atoms with Crippen LogP contribution in [0.1, 0.15) is 27.9 Å². The summed E-state index contributed by atoms with van der Waals surface area (Å²) >= 11 is 0. The molecule has 37 heavy (non-hydrogen) atoms. The first-order valence-corrected chi connectivity index (χ1v) is 13.0. The molecular weight excluding hydrogens is 456 g/mol. The average Bonchev–Trinajstić information content (AvgIpc) is 2.92. The van der Waals surface area contributed by atoms with E-state index in [1.165, 1.54) is 11.1 Å². The lowest BCUT2D eigenvalue weighted by Crippen LogP contribution is -2.44. The Kier molecular flexibility index (Phi) is 9.12. The Morgan fingerprint density at radius 2 is 1.30 bits per heavy atom. The van der Waals surface area contributed by atoms with Crippen LogP contribution >= 0.6 is 0 Å². The van der Waals surface area contributed by atoms with Crippen molar-refractivity contribution in [2.45, 2.75) is 19.4 Å². The summed E-state index contributed by atoms with van der Waals surface area (Å²) in [4.78, 5) is 12.7. The molecule has 0 spiro atoms. The molecule has 4 aromatic rings. The largest absolute Gasteiger partial charge is 0.494 e. The van der Waals surface area contributed by atoms with E-state index in [4.69, 9.17) is 4.74 Å².